The smallest absolute Gasteiger partial charge is 0.404 e. The maximum atomic E-state index is 15.4. The van der Waals surface area contributed by atoms with Gasteiger partial charge in [0.05, 0.1) is 24.7 Å². The summed E-state index contributed by atoms with van der Waals surface area (Å²) in [6, 6.07) is 14.9. The average Bonchev–Trinajstić information content (AvgIpc) is 3.24. The summed E-state index contributed by atoms with van der Waals surface area (Å²) >= 11 is 0. The molecule has 8 nitrogen and oxygen atoms in total. The third-order valence-electron chi connectivity index (χ3n) is 7.01. The number of hydrogen-bond acceptors (Lipinski definition) is 7. The number of amides is 1. The van der Waals surface area contributed by atoms with Gasteiger partial charge in [-0.3, -0.25) is 9.69 Å². The molecule has 0 bridgehead atoms. The van der Waals surface area contributed by atoms with Gasteiger partial charge in [0, 0.05) is 36.5 Å². The van der Waals surface area contributed by atoms with E-state index in [1.165, 1.54) is 29.4 Å². The molecule has 1 saturated heterocycles. The van der Waals surface area contributed by atoms with Crippen LogP contribution in [0.1, 0.15) is 25.1 Å². The van der Waals surface area contributed by atoms with Crippen LogP contribution in [0.25, 0.3) is 11.1 Å². The molecule has 0 aromatic heterocycles. The van der Waals surface area contributed by atoms with Crippen LogP contribution in [0.3, 0.4) is 0 Å². The van der Waals surface area contributed by atoms with E-state index in [0.717, 1.165) is 12.5 Å². The van der Waals surface area contributed by atoms with Crippen LogP contribution in [0.15, 0.2) is 65.7 Å². The summed E-state index contributed by atoms with van der Waals surface area (Å²) in [7, 11) is 0. The van der Waals surface area contributed by atoms with Crippen molar-refractivity contribution in [3.05, 3.63) is 72.0 Å². The van der Waals surface area contributed by atoms with Gasteiger partial charge < -0.3 is 24.8 Å². The topological polar surface area (TPSA) is 86.6 Å². The maximum absolute atomic E-state index is 15.4. The first-order valence-corrected chi connectivity index (χ1v) is 13.0. The van der Waals surface area contributed by atoms with E-state index in [0.29, 0.717) is 37.4 Å². The number of nitrogens with one attached hydrogen (secondary N) is 1. The lowest BCUT2D eigenvalue weighted by Gasteiger charge is -2.31. The van der Waals surface area contributed by atoms with Crippen molar-refractivity contribution in [3.63, 3.8) is 0 Å². The first-order chi connectivity index (χ1) is 19.6. The van der Waals surface area contributed by atoms with E-state index in [2.05, 4.69) is 15.0 Å². The third kappa shape index (κ3) is 6.34. The Kier molecular flexibility index (Phi) is 8.25. The molecule has 1 amide bonds. The zero-order valence-corrected chi connectivity index (χ0v) is 22.1. The number of alkyl halides is 3. The molecule has 2 aliphatic heterocycles. The molecule has 2 atom stereocenters. The van der Waals surface area contributed by atoms with E-state index < -0.39 is 36.1 Å². The van der Waals surface area contributed by atoms with Crippen LogP contribution in [0, 0.1) is 5.82 Å². The van der Waals surface area contributed by atoms with Gasteiger partial charge in [-0.2, -0.15) is 0 Å². The number of carbonyl (C=O) groups excluding carboxylic acids is 1. The molecule has 3 aromatic carbocycles. The van der Waals surface area contributed by atoms with Gasteiger partial charge in [0.2, 0.25) is 5.91 Å². The molecule has 2 unspecified atom stereocenters. The molecule has 2 aliphatic rings. The molecule has 1 fully saturated rings. The molecule has 2 N–H and O–H groups in total. The number of ether oxygens (including phenoxy) is 2. The summed E-state index contributed by atoms with van der Waals surface area (Å²) in [6.45, 7) is 3.76. The van der Waals surface area contributed by atoms with E-state index in [4.69, 9.17) is 4.74 Å². The Bertz CT molecular complexity index is 1430. The Morgan fingerprint density at radius 3 is 2.66 bits per heavy atom. The summed E-state index contributed by atoms with van der Waals surface area (Å²) in [6.07, 6.45) is -4.50. The first kappa shape index (κ1) is 28.5. The number of carbonyl (C=O) groups is 1. The minimum absolute atomic E-state index is 0.0455. The molecule has 41 heavy (non-hydrogen) atoms. The average molecular weight is 573 g/mol. The number of benzene rings is 3. The van der Waals surface area contributed by atoms with E-state index in [1.54, 1.807) is 37.3 Å². The van der Waals surface area contributed by atoms with Crippen LogP contribution in [-0.2, 0) is 9.53 Å². The standard InChI is InChI=1S/C29H28F4N4O4/c1-18(36-12-5-14-40-15-13-36)27(38)35-23-16-20(8-11-24(23)41-29(31,32)33)37-17-34-26-22(28(37)39)10-9-21(25(26)30)19-6-3-2-4-7-19/h2-4,6-11,16-18,28,39H,5,12-15H2,1H3,(H,35,38). The van der Waals surface area contributed by atoms with Crippen LogP contribution < -0.4 is 15.0 Å². The number of aliphatic hydroxyl groups is 1. The van der Waals surface area contributed by atoms with Gasteiger partial charge in [-0.1, -0.05) is 42.5 Å². The summed E-state index contributed by atoms with van der Waals surface area (Å²) in [5.74, 6) is -1.77. The Morgan fingerprint density at radius 2 is 1.90 bits per heavy atom. The number of aliphatic imine (C=N–C) groups is 1. The summed E-state index contributed by atoms with van der Waals surface area (Å²) in [4.78, 5) is 20.4. The van der Waals surface area contributed by atoms with Crippen molar-refractivity contribution in [3.8, 4) is 16.9 Å². The summed E-state index contributed by atoms with van der Waals surface area (Å²) in [5, 5.41) is 13.7. The molecule has 5 rings (SSSR count). The van der Waals surface area contributed by atoms with E-state index in [-0.39, 0.29) is 22.6 Å². The van der Waals surface area contributed by atoms with E-state index >= 15 is 4.39 Å². The maximum Gasteiger partial charge on any atom is 0.573 e. The Hall–Kier alpha value is -4.00. The van der Waals surface area contributed by atoms with Crippen LogP contribution in [0.4, 0.5) is 34.6 Å². The van der Waals surface area contributed by atoms with Crippen molar-refractivity contribution in [1.29, 1.82) is 0 Å². The van der Waals surface area contributed by atoms with Crippen molar-refractivity contribution in [2.24, 2.45) is 4.99 Å². The van der Waals surface area contributed by atoms with Crippen LogP contribution >= 0.6 is 0 Å². The molecule has 3 aromatic rings. The highest BCUT2D eigenvalue weighted by Gasteiger charge is 2.34. The SMILES string of the molecule is CC(C(=O)Nc1cc(N2C=Nc3c(ccc(-c4ccccc4)c3F)C2O)ccc1OC(F)(F)F)N1CCCOCC1. The second-order valence-electron chi connectivity index (χ2n) is 9.65. The second kappa shape index (κ2) is 11.9. The van der Waals surface area contributed by atoms with Gasteiger partial charge in [-0.25, -0.2) is 9.38 Å². The largest absolute Gasteiger partial charge is 0.573 e. The molecule has 216 valence electrons. The van der Waals surface area contributed by atoms with Crippen molar-refractivity contribution in [2.45, 2.75) is 32.0 Å². The van der Waals surface area contributed by atoms with Crippen molar-refractivity contribution in [2.75, 3.05) is 36.5 Å². The molecular weight excluding hydrogens is 544 g/mol. The molecular formula is C29H28F4N4O4. The van der Waals surface area contributed by atoms with Gasteiger partial charge in [0.15, 0.2) is 17.8 Å². The summed E-state index contributed by atoms with van der Waals surface area (Å²) < 4.78 is 64.5. The highest BCUT2D eigenvalue weighted by atomic mass is 19.4. The molecule has 0 aliphatic carbocycles. The van der Waals surface area contributed by atoms with Crippen LogP contribution in [-0.4, -0.2) is 61.0 Å². The Labute approximate surface area is 233 Å². The van der Waals surface area contributed by atoms with Crippen LogP contribution in [0.2, 0.25) is 0 Å². The molecule has 12 heteroatoms. The third-order valence-corrected chi connectivity index (χ3v) is 7.01. The second-order valence-corrected chi connectivity index (χ2v) is 9.65. The number of nitrogens with zero attached hydrogens (tertiary/aromatic N) is 3. The minimum Gasteiger partial charge on any atom is -0.404 e. The van der Waals surface area contributed by atoms with Gasteiger partial charge in [-0.05, 0) is 37.1 Å². The highest BCUT2D eigenvalue weighted by molar-refractivity contribution is 5.97. The minimum atomic E-state index is -5.01. The van der Waals surface area contributed by atoms with Gasteiger partial charge >= 0.3 is 6.36 Å². The van der Waals surface area contributed by atoms with Crippen molar-refractivity contribution >= 4 is 29.3 Å². The number of rotatable bonds is 6. The van der Waals surface area contributed by atoms with Crippen molar-refractivity contribution in [1.82, 2.24) is 4.90 Å². The quantitative estimate of drug-likeness (QED) is 0.374. The fourth-order valence-corrected chi connectivity index (χ4v) is 4.85. The Balaban J connectivity index is 1.43. The number of anilines is 2. The zero-order chi connectivity index (χ0) is 29.1. The normalized spacial score (nSPS) is 18.4. The van der Waals surface area contributed by atoms with Crippen molar-refractivity contribution < 1.29 is 36.9 Å². The molecule has 2 heterocycles. The van der Waals surface area contributed by atoms with Gasteiger partial charge in [0.1, 0.15) is 5.69 Å². The molecule has 0 radical (unpaired) electrons. The fourth-order valence-electron chi connectivity index (χ4n) is 4.85. The zero-order valence-electron chi connectivity index (χ0n) is 22.1. The number of halogens is 4. The molecule has 0 spiro atoms. The lowest BCUT2D eigenvalue weighted by molar-refractivity contribution is -0.274. The van der Waals surface area contributed by atoms with Crippen LogP contribution in [0.5, 0.6) is 5.75 Å². The Morgan fingerprint density at radius 1 is 1.12 bits per heavy atom. The first-order valence-electron chi connectivity index (χ1n) is 13.0. The van der Waals surface area contributed by atoms with E-state index in [9.17, 15) is 23.1 Å². The highest BCUT2D eigenvalue weighted by Crippen LogP contribution is 2.41. The van der Waals surface area contributed by atoms with E-state index in [1.807, 2.05) is 11.0 Å². The lowest BCUT2D eigenvalue weighted by Crippen LogP contribution is -2.43. The fraction of sp³-hybridized carbons (Fsp3) is 0.310. The monoisotopic (exact) mass is 572 g/mol. The predicted octanol–water partition coefficient (Wildman–Crippen LogP) is 5.61. The summed E-state index contributed by atoms with van der Waals surface area (Å²) in [5.41, 5.74) is 1.02. The van der Waals surface area contributed by atoms with Gasteiger partial charge in [0.25, 0.3) is 0 Å². The predicted molar refractivity (Wildman–Crippen MR) is 146 cm³/mol. The number of hydrogen-bond donors (Lipinski definition) is 2. The number of aliphatic hydroxyl groups excluding tert-OH is 1. The lowest BCUT2D eigenvalue weighted by atomic mass is 9.99. The molecule has 0 saturated carbocycles. The number of fused-ring (bicyclic) bond motifs is 1. The van der Waals surface area contributed by atoms with Gasteiger partial charge in [-0.15, -0.1) is 13.2 Å².